The van der Waals surface area contributed by atoms with Gasteiger partial charge in [-0.1, -0.05) is 37.8 Å². The second-order valence-corrected chi connectivity index (χ2v) is 3.68. The molecule has 0 saturated heterocycles. The van der Waals surface area contributed by atoms with Crippen LogP contribution >= 0.6 is 0 Å². The van der Waals surface area contributed by atoms with Gasteiger partial charge in [-0.3, -0.25) is 0 Å². The number of hydrogen-bond acceptors (Lipinski definition) is 3. The average Bonchev–Trinajstić information content (AvgIpc) is 2.35. The second-order valence-electron chi connectivity index (χ2n) is 3.68. The van der Waals surface area contributed by atoms with Crippen molar-refractivity contribution >= 4 is 0 Å². The first-order valence-electron chi connectivity index (χ1n) is 6.34. The van der Waals surface area contributed by atoms with E-state index in [0.29, 0.717) is 26.4 Å². The summed E-state index contributed by atoms with van der Waals surface area (Å²) in [4.78, 5) is 0. The molecule has 0 amide bonds. The Morgan fingerprint density at radius 1 is 0.706 bits per heavy atom. The van der Waals surface area contributed by atoms with Crippen LogP contribution in [0.3, 0.4) is 0 Å². The van der Waals surface area contributed by atoms with Gasteiger partial charge >= 0.3 is 0 Å². The van der Waals surface area contributed by atoms with Crippen LogP contribution in [-0.4, -0.2) is 36.6 Å². The van der Waals surface area contributed by atoms with Crippen LogP contribution in [-0.2, 0) is 4.74 Å². The molecule has 0 aliphatic heterocycles. The standard InChI is InChI=1S/C8H18O2.C6H10O/c9-7-5-3-1-2-4-6-8-10;1-3-5-7-6-4-2/h9-10H,1-8H2;3-4H,1-2,5-6H2. The first-order valence-corrected chi connectivity index (χ1v) is 6.34. The molecule has 2 N–H and O–H groups in total. The van der Waals surface area contributed by atoms with E-state index in [4.69, 9.17) is 14.9 Å². The molecule has 102 valence electrons. The predicted octanol–water partition coefficient (Wildman–Crippen LogP) is 2.69. The minimum Gasteiger partial charge on any atom is -0.396 e. The van der Waals surface area contributed by atoms with Crippen molar-refractivity contribution in [2.45, 2.75) is 38.5 Å². The predicted molar refractivity (Wildman–Crippen MR) is 73.1 cm³/mol. The molecule has 0 aromatic carbocycles. The molecule has 0 heterocycles. The smallest absolute Gasteiger partial charge is 0.0649 e. The first kappa shape index (κ1) is 18.7. The third-order valence-corrected chi connectivity index (χ3v) is 2.04. The normalized spacial score (nSPS) is 9.29. The van der Waals surface area contributed by atoms with Gasteiger partial charge in [-0.15, -0.1) is 13.2 Å². The summed E-state index contributed by atoms with van der Waals surface area (Å²) in [6, 6.07) is 0. The van der Waals surface area contributed by atoms with Gasteiger partial charge in [-0.2, -0.15) is 0 Å². The van der Waals surface area contributed by atoms with Crippen LogP contribution in [0.15, 0.2) is 25.3 Å². The molecule has 0 unspecified atom stereocenters. The molecule has 0 spiro atoms. The quantitative estimate of drug-likeness (QED) is 0.434. The summed E-state index contributed by atoms with van der Waals surface area (Å²) >= 11 is 0. The zero-order valence-corrected chi connectivity index (χ0v) is 10.9. The van der Waals surface area contributed by atoms with Crippen molar-refractivity contribution in [2.75, 3.05) is 26.4 Å². The van der Waals surface area contributed by atoms with Crippen LogP contribution in [0.5, 0.6) is 0 Å². The van der Waals surface area contributed by atoms with Crippen molar-refractivity contribution in [1.29, 1.82) is 0 Å². The summed E-state index contributed by atoms with van der Waals surface area (Å²) < 4.78 is 4.90. The molecule has 0 aromatic heterocycles. The molecular formula is C14H28O3. The molecule has 0 aromatic rings. The average molecular weight is 244 g/mol. The highest BCUT2D eigenvalue weighted by molar-refractivity contribution is 4.68. The minimum atomic E-state index is 0.319. The molecule has 17 heavy (non-hydrogen) atoms. The molecule has 0 aliphatic rings. The Kier molecular flexibility index (Phi) is 22.8. The third kappa shape index (κ3) is 25.5. The van der Waals surface area contributed by atoms with Gasteiger partial charge in [-0.05, 0) is 12.8 Å². The van der Waals surface area contributed by atoms with Crippen LogP contribution in [0.2, 0.25) is 0 Å². The Balaban J connectivity index is 0. The summed E-state index contributed by atoms with van der Waals surface area (Å²) in [6.45, 7) is 8.82. The summed E-state index contributed by atoms with van der Waals surface area (Å²) in [5.74, 6) is 0. The summed E-state index contributed by atoms with van der Waals surface area (Å²) in [7, 11) is 0. The minimum absolute atomic E-state index is 0.319. The van der Waals surface area contributed by atoms with Gasteiger partial charge in [0.25, 0.3) is 0 Å². The van der Waals surface area contributed by atoms with E-state index in [1.165, 1.54) is 12.8 Å². The van der Waals surface area contributed by atoms with Gasteiger partial charge < -0.3 is 14.9 Å². The van der Waals surface area contributed by atoms with Crippen LogP contribution in [0, 0.1) is 0 Å². The molecule has 3 nitrogen and oxygen atoms in total. The topological polar surface area (TPSA) is 49.7 Å². The third-order valence-electron chi connectivity index (χ3n) is 2.04. The van der Waals surface area contributed by atoms with Crippen LogP contribution in [0.1, 0.15) is 38.5 Å². The van der Waals surface area contributed by atoms with Crippen molar-refractivity contribution < 1.29 is 14.9 Å². The molecule has 0 bridgehead atoms. The fraction of sp³-hybridized carbons (Fsp3) is 0.714. The maximum Gasteiger partial charge on any atom is 0.0649 e. The number of aliphatic hydroxyl groups excluding tert-OH is 2. The fourth-order valence-corrected chi connectivity index (χ4v) is 1.17. The Morgan fingerprint density at radius 2 is 1.06 bits per heavy atom. The highest BCUT2D eigenvalue weighted by Gasteiger charge is 1.88. The maximum atomic E-state index is 8.43. The molecule has 0 aliphatic carbocycles. The van der Waals surface area contributed by atoms with Crippen LogP contribution in [0.4, 0.5) is 0 Å². The summed E-state index contributed by atoms with van der Waals surface area (Å²) in [5.41, 5.74) is 0. The van der Waals surface area contributed by atoms with Gasteiger partial charge in [0, 0.05) is 13.2 Å². The largest absolute Gasteiger partial charge is 0.396 e. The highest BCUT2D eigenvalue weighted by atomic mass is 16.5. The number of ether oxygens (including phenoxy) is 1. The zero-order valence-electron chi connectivity index (χ0n) is 10.9. The van der Waals surface area contributed by atoms with Gasteiger partial charge in [0.05, 0.1) is 13.2 Å². The lowest BCUT2D eigenvalue weighted by atomic mass is 10.1. The van der Waals surface area contributed by atoms with Gasteiger partial charge in [0.15, 0.2) is 0 Å². The number of hydrogen-bond donors (Lipinski definition) is 2. The van der Waals surface area contributed by atoms with Gasteiger partial charge in [0.1, 0.15) is 0 Å². The van der Waals surface area contributed by atoms with Crippen molar-refractivity contribution in [3.63, 3.8) is 0 Å². The van der Waals surface area contributed by atoms with E-state index in [-0.39, 0.29) is 0 Å². The number of rotatable bonds is 11. The molecule has 3 heteroatoms. The fourth-order valence-electron chi connectivity index (χ4n) is 1.17. The van der Waals surface area contributed by atoms with Crippen molar-refractivity contribution in [3.8, 4) is 0 Å². The van der Waals surface area contributed by atoms with E-state index in [0.717, 1.165) is 25.7 Å². The van der Waals surface area contributed by atoms with E-state index >= 15 is 0 Å². The SMILES string of the molecule is C=CCOCC=C.OCCCCCCCCO. The van der Waals surface area contributed by atoms with Crippen LogP contribution < -0.4 is 0 Å². The number of aliphatic hydroxyl groups is 2. The molecule has 0 radical (unpaired) electrons. The van der Waals surface area contributed by atoms with Crippen molar-refractivity contribution in [3.05, 3.63) is 25.3 Å². The molecule has 0 rings (SSSR count). The van der Waals surface area contributed by atoms with Gasteiger partial charge in [0.2, 0.25) is 0 Å². The monoisotopic (exact) mass is 244 g/mol. The highest BCUT2D eigenvalue weighted by Crippen LogP contribution is 2.03. The number of unbranched alkanes of at least 4 members (excludes halogenated alkanes) is 5. The molecule has 0 saturated carbocycles. The molecule has 0 fully saturated rings. The molecule has 0 atom stereocenters. The van der Waals surface area contributed by atoms with E-state index in [1.54, 1.807) is 12.2 Å². The first-order chi connectivity index (χ1) is 8.33. The summed E-state index contributed by atoms with van der Waals surface area (Å²) in [6.07, 6.45) is 9.93. The lowest BCUT2D eigenvalue weighted by Gasteiger charge is -1.97. The Bertz CT molecular complexity index is 130. The van der Waals surface area contributed by atoms with E-state index in [2.05, 4.69) is 13.2 Å². The second kappa shape index (κ2) is 20.7. The summed E-state index contributed by atoms with van der Waals surface area (Å²) in [5, 5.41) is 16.9. The van der Waals surface area contributed by atoms with Crippen molar-refractivity contribution in [1.82, 2.24) is 0 Å². The Labute approximate surface area is 106 Å². The maximum absolute atomic E-state index is 8.43. The Morgan fingerprint density at radius 3 is 1.35 bits per heavy atom. The lowest BCUT2D eigenvalue weighted by molar-refractivity contribution is 0.194. The lowest BCUT2D eigenvalue weighted by Crippen LogP contribution is -1.87. The van der Waals surface area contributed by atoms with E-state index in [1.807, 2.05) is 0 Å². The van der Waals surface area contributed by atoms with Gasteiger partial charge in [-0.25, -0.2) is 0 Å². The van der Waals surface area contributed by atoms with Crippen molar-refractivity contribution in [2.24, 2.45) is 0 Å². The van der Waals surface area contributed by atoms with Crippen LogP contribution in [0.25, 0.3) is 0 Å². The molecular weight excluding hydrogens is 216 g/mol. The van der Waals surface area contributed by atoms with E-state index in [9.17, 15) is 0 Å². The Hall–Kier alpha value is -0.640. The zero-order chi connectivity index (χ0) is 13.2. The van der Waals surface area contributed by atoms with E-state index < -0.39 is 0 Å².